The zero-order chi connectivity index (χ0) is 11.1. The second-order valence-corrected chi connectivity index (χ2v) is 5.61. The molecule has 0 aromatic carbocycles. The molecule has 2 rings (SSSR count). The first kappa shape index (κ1) is 10.9. The van der Waals surface area contributed by atoms with Gasteiger partial charge in [-0.2, -0.15) is 0 Å². The van der Waals surface area contributed by atoms with E-state index in [1.807, 2.05) is 0 Å². The van der Waals surface area contributed by atoms with Crippen LogP contribution in [0.4, 0.5) is 0 Å². The van der Waals surface area contributed by atoms with Crippen LogP contribution in [-0.4, -0.2) is 36.0 Å². The number of nitrogens with one attached hydrogen (secondary N) is 1. The number of amides is 1. The summed E-state index contributed by atoms with van der Waals surface area (Å²) in [5.41, 5.74) is 0.0858. The first-order valence-electron chi connectivity index (χ1n) is 6.04. The molecular weight excluding hydrogens is 188 g/mol. The van der Waals surface area contributed by atoms with Crippen LogP contribution in [0.5, 0.6) is 0 Å². The highest BCUT2D eigenvalue weighted by atomic mass is 16.2. The van der Waals surface area contributed by atoms with Gasteiger partial charge in [0.15, 0.2) is 0 Å². The molecule has 3 heteroatoms. The lowest BCUT2D eigenvalue weighted by Gasteiger charge is -2.38. The minimum atomic E-state index is 0.0858. The van der Waals surface area contributed by atoms with Crippen molar-refractivity contribution in [3.63, 3.8) is 0 Å². The van der Waals surface area contributed by atoms with Gasteiger partial charge in [-0.1, -0.05) is 6.92 Å². The van der Waals surface area contributed by atoms with Crippen molar-refractivity contribution in [2.45, 2.75) is 39.2 Å². The van der Waals surface area contributed by atoms with E-state index in [-0.39, 0.29) is 11.5 Å². The van der Waals surface area contributed by atoms with Crippen LogP contribution in [0.3, 0.4) is 0 Å². The Bertz CT molecular complexity index is 258. The number of hydrogen-bond donors (Lipinski definition) is 1. The molecule has 2 saturated heterocycles. The third-order valence-electron chi connectivity index (χ3n) is 4.08. The third-order valence-corrected chi connectivity index (χ3v) is 4.08. The SMILES string of the molecule is CC(C(=O)N1CCCC1(C)C)C1CNC1. The molecule has 2 fully saturated rings. The number of carbonyl (C=O) groups excluding carboxylic acids is 1. The van der Waals surface area contributed by atoms with Crippen LogP contribution in [0.25, 0.3) is 0 Å². The fourth-order valence-corrected chi connectivity index (χ4v) is 2.63. The topological polar surface area (TPSA) is 32.3 Å². The fourth-order valence-electron chi connectivity index (χ4n) is 2.63. The molecule has 1 atom stereocenters. The Kier molecular flexibility index (Phi) is 2.75. The Morgan fingerprint density at radius 1 is 1.47 bits per heavy atom. The minimum Gasteiger partial charge on any atom is -0.337 e. The second-order valence-electron chi connectivity index (χ2n) is 5.61. The van der Waals surface area contributed by atoms with E-state index in [1.54, 1.807) is 0 Å². The molecule has 15 heavy (non-hydrogen) atoms. The largest absolute Gasteiger partial charge is 0.337 e. The lowest BCUT2D eigenvalue weighted by atomic mass is 9.87. The minimum absolute atomic E-state index is 0.0858. The molecule has 3 nitrogen and oxygen atoms in total. The van der Waals surface area contributed by atoms with Gasteiger partial charge in [-0.3, -0.25) is 4.79 Å². The summed E-state index contributed by atoms with van der Waals surface area (Å²) in [5, 5.41) is 3.24. The first-order valence-corrected chi connectivity index (χ1v) is 6.04. The molecule has 86 valence electrons. The van der Waals surface area contributed by atoms with E-state index >= 15 is 0 Å². The number of rotatable bonds is 2. The molecule has 0 bridgehead atoms. The highest BCUT2D eigenvalue weighted by molar-refractivity contribution is 5.80. The summed E-state index contributed by atoms with van der Waals surface area (Å²) in [4.78, 5) is 14.4. The predicted octanol–water partition coefficient (Wildman–Crippen LogP) is 1.24. The van der Waals surface area contributed by atoms with E-state index in [4.69, 9.17) is 0 Å². The van der Waals surface area contributed by atoms with Gasteiger partial charge < -0.3 is 10.2 Å². The summed E-state index contributed by atoms with van der Waals surface area (Å²) in [6, 6.07) is 0. The smallest absolute Gasteiger partial charge is 0.226 e. The number of nitrogens with zero attached hydrogens (tertiary/aromatic N) is 1. The summed E-state index contributed by atoms with van der Waals surface area (Å²) >= 11 is 0. The second kappa shape index (κ2) is 3.78. The molecule has 0 aliphatic carbocycles. The maximum absolute atomic E-state index is 12.3. The van der Waals surface area contributed by atoms with E-state index < -0.39 is 0 Å². The fraction of sp³-hybridized carbons (Fsp3) is 0.917. The number of hydrogen-bond acceptors (Lipinski definition) is 2. The molecular formula is C12H22N2O. The van der Waals surface area contributed by atoms with Crippen LogP contribution in [0.1, 0.15) is 33.6 Å². The van der Waals surface area contributed by atoms with Crippen molar-refractivity contribution in [1.82, 2.24) is 10.2 Å². The highest BCUT2D eigenvalue weighted by Gasteiger charge is 2.39. The van der Waals surface area contributed by atoms with Crippen LogP contribution >= 0.6 is 0 Å². The van der Waals surface area contributed by atoms with E-state index in [0.717, 1.165) is 32.5 Å². The third kappa shape index (κ3) is 1.89. The Balaban J connectivity index is 2.00. The van der Waals surface area contributed by atoms with Gasteiger partial charge in [-0.15, -0.1) is 0 Å². The average Bonchev–Trinajstić information content (AvgIpc) is 2.40. The van der Waals surface area contributed by atoms with Crippen LogP contribution in [0, 0.1) is 11.8 Å². The van der Waals surface area contributed by atoms with Gasteiger partial charge in [0.05, 0.1) is 0 Å². The zero-order valence-corrected chi connectivity index (χ0v) is 10.0. The molecule has 2 aliphatic heterocycles. The normalized spacial score (nSPS) is 27.5. The van der Waals surface area contributed by atoms with E-state index in [0.29, 0.717) is 11.8 Å². The van der Waals surface area contributed by atoms with Crippen molar-refractivity contribution in [3.8, 4) is 0 Å². The lowest BCUT2D eigenvalue weighted by Crippen LogP contribution is -2.53. The maximum atomic E-state index is 12.3. The van der Waals surface area contributed by atoms with Crippen LogP contribution in [0.2, 0.25) is 0 Å². The number of likely N-dealkylation sites (tertiary alicyclic amines) is 1. The van der Waals surface area contributed by atoms with Crippen molar-refractivity contribution in [3.05, 3.63) is 0 Å². The summed E-state index contributed by atoms with van der Waals surface area (Å²) in [6.45, 7) is 9.44. The molecule has 1 N–H and O–H groups in total. The van der Waals surface area contributed by atoms with Gasteiger partial charge >= 0.3 is 0 Å². The summed E-state index contributed by atoms with van der Waals surface area (Å²) < 4.78 is 0. The van der Waals surface area contributed by atoms with Crippen LogP contribution < -0.4 is 5.32 Å². The zero-order valence-electron chi connectivity index (χ0n) is 10.0. The standard InChI is InChI=1S/C12H22N2O/c1-9(10-7-13-8-10)11(15)14-6-4-5-12(14,2)3/h9-10,13H,4-8H2,1-3H3. The van der Waals surface area contributed by atoms with Crippen molar-refractivity contribution in [2.24, 2.45) is 11.8 Å². The monoisotopic (exact) mass is 210 g/mol. The predicted molar refractivity (Wildman–Crippen MR) is 60.5 cm³/mol. The van der Waals surface area contributed by atoms with E-state index in [9.17, 15) is 4.79 Å². The van der Waals surface area contributed by atoms with Crippen LogP contribution in [-0.2, 0) is 4.79 Å². The lowest BCUT2D eigenvalue weighted by molar-refractivity contribution is -0.140. The Hall–Kier alpha value is -0.570. The first-order chi connectivity index (χ1) is 7.02. The van der Waals surface area contributed by atoms with Crippen molar-refractivity contribution in [2.75, 3.05) is 19.6 Å². The van der Waals surface area contributed by atoms with E-state index in [2.05, 4.69) is 31.0 Å². The Morgan fingerprint density at radius 2 is 2.13 bits per heavy atom. The molecule has 1 amide bonds. The Morgan fingerprint density at radius 3 is 2.53 bits per heavy atom. The van der Waals surface area contributed by atoms with Gasteiger partial charge in [-0.25, -0.2) is 0 Å². The van der Waals surface area contributed by atoms with Crippen LogP contribution in [0.15, 0.2) is 0 Å². The molecule has 0 spiro atoms. The molecule has 0 aromatic rings. The van der Waals surface area contributed by atoms with Gasteiger partial charge in [0.25, 0.3) is 0 Å². The van der Waals surface area contributed by atoms with Gasteiger partial charge in [0.2, 0.25) is 5.91 Å². The molecule has 1 unspecified atom stereocenters. The molecule has 2 heterocycles. The molecule has 0 saturated carbocycles. The summed E-state index contributed by atoms with van der Waals surface area (Å²) in [5.74, 6) is 1.13. The van der Waals surface area contributed by atoms with Gasteiger partial charge in [-0.05, 0) is 45.7 Å². The highest BCUT2D eigenvalue weighted by Crippen LogP contribution is 2.31. The van der Waals surface area contributed by atoms with Gasteiger partial charge in [0, 0.05) is 18.0 Å². The summed E-state index contributed by atoms with van der Waals surface area (Å²) in [7, 11) is 0. The molecule has 0 radical (unpaired) electrons. The molecule has 0 aromatic heterocycles. The van der Waals surface area contributed by atoms with Crippen molar-refractivity contribution in [1.29, 1.82) is 0 Å². The maximum Gasteiger partial charge on any atom is 0.226 e. The molecule has 2 aliphatic rings. The number of carbonyl (C=O) groups is 1. The Labute approximate surface area is 92.2 Å². The van der Waals surface area contributed by atoms with Crippen molar-refractivity contribution < 1.29 is 4.79 Å². The van der Waals surface area contributed by atoms with Crippen molar-refractivity contribution >= 4 is 5.91 Å². The average molecular weight is 210 g/mol. The summed E-state index contributed by atoms with van der Waals surface area (Å²) in [6.07, 6.45) is 2.31. The van der Waals surface area contributed by atoms with Gasteiger partial charge in [0.1, 0.15) is 0 Å². The van der Waals surface area contributed by atoms with E-state index in [1.165, 1.54) is 0 Å². The quantitative estimate of drug-likeness (QED) is 0.744.